The topological polar surface area (TPSA) is 51.8 Å². The summed E-state index contributed by atoms with van der Waals surface area (Å²) in [7, 11) is 2.10. The zero-order valence-electron chi connectivity index (χ0n) is 15.8. The molecule has 6 heteroatoms. The van der Waals surface area contributed by atoms with Crippen LogP contribution in [0.15, 0.2) is 43.0 Å². The van der Waals surface area contributed by atoms with Gasteiger partial charge in [0.25, 0.3) is 0 Å². The standard InChI is InChI=1S/C21H26N6/c1-25-20(14-26-11-8-22-15-26)23-24-21(25)16-6-9-27(10-7-16)19-12-17-4-2-3-5-18(17)13-19/h2-5,8,11,15-16,19H,6-7,9-10,12-14H2,1H3. The van der Waals surface area contributed by atoms with Crippen LogP contribution in [-0.4, -0.2) is 48.3 Å². The Balaban J connectivity index is 1.22. The summed E-state index contributed by atoms with van der Waals surface area (Å²) in [5.41, 5.74) is 3.09. The van der Waals surface area contributed by atoms with Crippen molar-refractivity contribution in [2.45, 2.75) is 44.2 Å². The molecule has 3 aromatic rings. The van der Waals surface area contributed by atoms with Gasteiger partial charge in [0.1, 0.15) is 5.82 Å². The maximum atomic E-state index is 4.54. The Morgan fingerprint density at radius 3 is 2.44 bits per heavy atom. The van der Waals surface area contributed by atoms with E-state index in [9.17, 15) is 0 Å². The molecule has 0 amide bonds. The quantitative estimate of drug-likeness (QED) is 0.715. The molecule has 5 rings (SSSR count). The highest BCUT2D eigenvalue weighted by Crippen LogP contribution is 2.32. The molecule has 6 nitrogen and oxygen atoms in total. The second-order valence-electron chi connectivity index (χ2n) is 7.91. The van der Waals surface area contributed by atoms with Crippen LogP contribution in [0.2, 0.25) is 0 Å². The van der Waals surface area contributed by atoms with E-state index in [-0.39, 0.29) is 0 Å². The zero-order chi connectivity index (χ0) is 18.2. The Labute approximate surface area is 159 Å². The summed E-state index contributed by atoms with van der Waals surface area (Å²) >= 11 is 0. The van der Waals surface area contributed by atoms with Gasteiger partial charge in [0, 0.05) is 31.4 Å². The Kier molecular flexibility index (Phi) is 4.28. The van der Waals surface area contributed by atoms with E-state index < -0.39 is 0 Å². The van der Waals surface area contributed by atoms with E-state index in [0.29, 0.717) is 12.0 Å². The van der Waals surface area contributed by atoms with Crippen molar-refractivity contribution in [1.29, 1.82) is 0 Å². The molecule has 0 N–H and O–H groups in total. The van der Waals surface area contributed by atoms with Crippen molar-refractivity contribution >= 4 is 0 Å². The van der Waals surface area contributed by atoms with Crippen molar-refractivity contribution in [2.75, 3.05) is 13.1 Å². The van der Waals surface area contributed by atoms with E-state index >= 15 is 0 Å². The van der Waals surface area contributed by atoms with Crippen LogP contribution < -0.4 is 0 Å². The Hall–Kier alpha value is -2.47. The highest BCUT2D eigenvalue weighted by Gasteiger charge is 2.31. The lowest BCUT2D eigenvalue weighted by atomic mass is 9.94. The predicted molar refractivity (Wildman–Crippen MR) is 104 cm³/mol. The minimum Gasteiger partial charge on any atom is -0.330 e. The summed E-state index contributed by atoms with van der Waals surface area (Å²) in [4.78, 5) is 6.80. The first kappa shape index (κ1) is 16.7. The molecule has 1 aliphatic heterocycles. The van der Waals surface area contributed by atoms with E-state index in [1.807, 2.05) is 17.1 Å². The van der Waals surface area contributed by atoms with Crippen molar-refractivity contribution in [2.24, 2.45) is 7.05 Å². The highest BCUT2D eigenvalue weighted by atomic mass is 15.3. The van der Waals surface area contributed by atoms with Gasteiger partial charge in [-0.3, -0.25) is 4.90 Å². The lowest BCUT2D eigenvalue weighted by Gasteiger charge is -2.35. The number of hydrogen-bond donors (Lipinski definition) is 0. The summed E-state index contributed by atoms with van der Waals surface area (Å²) in [5, 5.41) is 8.98. The van der Waals surface area contributed by atoms with E-state index in [1.54, 1.807) is 17.3 Å². The van der Waals surface area contributed by atoms with Gasteiger partial charge in [-0.25, -0.2) is 4.98 Å². The number of fused-ring (bicyclic) bond motifs is 1. The normalized spacial score (nSPS) is 18.9. The van der Waals surface area contributed by atoms with Gasteiger partial charge in [-0.1, -0.05) is 24.3 Å². The van der Waals surface area contributed by atoms with Crippen molar-refractivity contribution in [3.8, 4) is 0 Å². The Morgan fingerprint density at radius 2 is 1.78 bits per heavy atom. The summed E-state index contributed by atoms with van der Waals surface area (Å²) in [6, 6.07) is 9.61. The molecule has 0 saturated carbocycles. The van der Waals surface area contributed by atoms with Crippen LogP contribution in [0.4, 0.5) is 0 Å². The lowest BCUT2D eigenvalue weighted by Crippen LogP contribution is -2.41. The second-order valence-corrected chi connectivity index (χ2v) is 7.91. The average molecular weight is 362 g/mol. The molecule has 1 aliphatic carbocycles. The monoisotopic (exact) mass is 362 g/mol. The minimum absolute atomic E-state index is 0.513. The minimum atomic E-state index is 0.513. The Bertz CT molecular complexity index is 880. The fraction of sp³-hybridized carbons (Fsp3) is 0.476. The molecule has 1 aromatic carbocycles. The van der Waals surface area contributed by atoms with Crippen molar-refractivity contribution in [3.63, 3.8) is 0 Å². The number of hydrogen-bond acceptors (Lipinski definition) is 4. The molecule has 1 fully saturated rings. The largest absolute Gasteiger partial charge is 0.330 e. The maximum Gasteiger partial charge on any atom is 0.152 e. The number of nitrogens with zero attached hydrogens (tertiary/aromatic N) is 6. The molecular weight excluding hydrogens is 336 g/mol. The molecular formula is C21H26N6. The van der Waals surface area contributed by atoms with Gasteiger partial charge in [0.2, 0.25) is 0 Å². The van der Waals surface area contributed by atoms with Gasteiger partial charge in [-0.2, -0.15) is 0 Å². The molecule has 0 spiro atoms. The molecule has 0 atom stereocenters. The van der Waals surface area contributed by atoms with Crippen LogP contribution in [0, 0.1) is 0 Å². The maximum absolute atomic E-state index is 4.54. The number of benzene rings is 1. The molecule has 0 unspecified atom stereocenters. The third-order valence-corrected chi connectivity index (χ3v) is 6.32. The van der Waals surface area contributed by atoms with Gasteiger partial charge in [-0.15, -0.1) is 10.2 Å². The SMILES string of the molecule is Cn1c(Cn2ccnc2)nnc1C1CCN(C2Cc3ccccc3C2)CC1. The fourth-order valence-electron chi connectivity index (χ4n) is 4.73. The molecule has 2 aliphatic rings. The van der Waals surface area contributed by atoms with Gasteiger partial charge in [-0.05, 0) is 49.9 Å². The first-order valence-corrected chi connectivity index (χ1v) is 9.92. The van der Waals surface area contributed by atoms with Gasteiger partial charge < -0.3 is 9.13 Å². The molecule has 140 valence electrons. The molecule has 2 aromatic heterocycles. The fourth-order valence-corrected chi connectivity index (χ4v) is 4.73. The summed E-state index contributed by atoms with van der Waals surface area (Å²) in [5.74, 6) is 2.65. The molecule has 1 saturated heterocycles. The molecule has 3 heterocycles. The van der Waals surface area contributed by atoms with E-state index in [0.717, 1.165) is 31.3 Å². The number of rotatable bonds is 4. The number of aromatic nitrogens is 5. The first-order valence-electron chi connectivity index (χ1n) is 9.92. The van der Waals surface area contributed by atoms with Gasteiger partial charge in [0.15, 0.2) is 5.82 Å². The van der Waals surface area contributed by atoms with Crippen LogP contribution in [-0.2, 0) is 26.4 Å². The molecule has 0 bridgehead atoms. The summed E-state index contributed by atoms with van der Waals surface area (Å²) in [6.45, 7) is 3.04. The van der Waals surface area contributed by atoms with Crippen molar-refractivity contribution < 1.29 is 0 Å². The smallest absolute Gasteiger partial charge is 0.152 e. The average Bonchev–Trinajstić information content (AvgIpc) is 3.43. The van der Waals surface area contributed by atoms with Crippen LogP contribution in [0.5, 0.6) is 0 Å². The third kappa shape index (κ3) is 3.18. The first-order chi connectivity index (χ1) is 13.3. The second kappa shape index (κ2) is 6.93. The molecule has 27 heavy (non-hydrogen) atoms. The van der Waals surface area contributed by atoms with Crippen LogP contribution in [0.3, 0.4) is 0 Å². The Morgan fingerprint density at radius 1 is 1.04 bits per heavy atom. The highest BCUT2D eigenvalue weighted by molar-refractivity contribution is 5.33. The summed E-state index contributed by atoms with van der Waals surface area (Å²) in [6.07, 6.45) is 10.3. The van der Waals surface area contributed by atoms with Gasteiger partial charge >= 0.3 is 0 Å². The van der Waals surface area contributed by atoms with Crippen LogP contribution in [0.25, 0.3) is 0 Å². The zero-order valence-corrected chi connectivity index (χ0v) is 15.8. The van der Waals surface area contributed by atoms with E-state index in [2.05, 4.69) is 56.0 Å². The predicted octanol–water partition coefficient (Wildman–Crippen LogP) is 2.41. The molecule has 0 radical (unpaired) electrons. The van der Waals surface area contributed by atoms with E-state index in [4.69, 9.17) is 0 Å². The van der Waals surface area contributed by atoms with Gasteiger partial charge in [0.05, 0.1) is 12.9 Å². The number of imidazole rings is 1. The summed E-state index contributed by atoms with van der Waals surface area (Å²) < 4.78 is 4.22. The van der Waals surface area contributed by atoms with Crippen LogP contribution >= 0.6 is 0 Å². The lowest BCUT2D eigenvalue weighted by molar-refractivity contribution is 0.153. The van der Waals surface area contributed by atoms with Crippen molar-refractivity contribution in [3.05, 3.63) is 65.8 Å². The third-order valence-electron chi connectivity index (χ3n) is 6.32. The number of likely N-dealkylation sites (tertiary alicyclic amines) is 1. The van der Waals surface area contributed by atoms with E-state index in [1.165, 1.54) is 25.7 Å². The number of piperidine rings is 1. The van der Waals surface area contributed by atoms with Crippen molar-refractivity contribution in [1.82, 2.24) is 29.2 Å². The van der Waals surface area contributed by atoms with Crippen LogP contribution in [0.1, 0.15) is 41.5 Å².